The average Bonchev–Trinajstić information content (AvgIpc) is 0.722. The highest BCUT2D eigenvalue weighted by Gasteiger charge is 1.84. The van der Waals surface area contributed by atoms with Gasteiger partial charge in [-0.15, -0.1) is 0 Å². The molecule has 0 aliphatic carbocycles. The number of hydrogen-bond donors (Lipinski definition) is 2. The molecule has 4 nitrogen and oxygen atoms in total. The monoisotopic (exact) mass is 188 g/mol. The van der Waals surface area contributed by atoms with Crippen LogP contribution in [0.25, 0.3) is 0 Å². The van der Waals surface area contributed by atoms with Crippen molar-refractivity contribution in [2.75, 3.05) is 0 Å². The SMILES string of the molecule is O=S(=O)(O)O.[AlH3].[AlH3].[AlH3]. The molecule has 2 N–H and O–H groups in total. The predicted octanol–water partition coefficient (Wildman–Crippen LogP) is -4.20. The Morgan fingerprint density at radius 3 is 0.875 bits per heavy atom. The smallest absolute Gasteiger partial charge is 0.264 e. The van der Waals surface area contributed by atoms with Crippen molar-refractivity contribution in [1.82, 2.24) is 0 Å². The maximum absolute atomic E-state index is 8.74. The molecule has 0 amide bonds. The van der Waals surface area contributed by atoms with Crippen LogP contribution in [0.5, 0.6) is 0 Å². The third-order valence-electron chi connectivity index (χ3n) is 0. The summed E-state index contributed by atoms with van der Waals surface area (Å²) in [4.78, 5) is 0. The Labute approximate surface area is 79.6 Å². The van der Waals surface area contributed by atoms with Gasteiger partial charge < -0.3 is 0 Å². The first-order chi connectivity index (χ1) is 2.00. The standard InChI is InChI=1S/3Al.H2O4S.9H/c;;;1-5(2,3)4;;;;;;;;;/h;;;(H2,1,2,3,4);;;;;;;;;. The van der Waals surface area contributed by atoms with Crippen molar-refractivity contribution in [2.45, 2.75) is 0 Å². The Balaban J connectivity index is -0.0000000267. The summed E-state index contributed by atoms with van der Waals surface area (Å²) in [6.45, 7) is 0. The van der Waals surface area contributed by atoms with E-state index in [2.05, 4.69) is 0 Å². The van der Waals surface area contributed by atoms with Crippen molar-refractivity contribution < 1.29 is 17.5 Å². The molecule has 50 valence electrons. The second kappa shape index (κ2) is 8.47. The summed E-state index contributed by atoms with van der Waals surface area (Å²) in [5.41, 5.74) is 0. The molecule has 0 saturated carbocycles. The zero-order valence-electron chi connectivity index (χ0n) is 2.12. The van der Waals surface area contributed by atoms with Gasteiger partial charge in [0.05, 0.1) is 0 Å². The quantitative estimate of drug-likeness (QED) is 0.298. The minimum Gasteiger partial charge on any atom is -0.264 e. The maximum atomic E-state index is 8.74. The number of hydrogen-bond acceptors (Lipinski definition) is 2. The molecular weight excluding hydrogens is 177 g/mol. The van der Waals surface area contributed by atoms with E-state index < -0.39 is 10.4 Å². The molecule has 0 aromatic rings. The van der Waals surface area contributed by atoms with Crippen molar-refractivity contribution in [3.63, 3.8) is 0 Å². The van der Waals surface area contributed by atoms with Crippen LogP contribution in [-0.2, 0) is 10.4 Å². The maximum Gasteiger partial charge on any atom is 0.394 e. The second-order valence-corrected chi connectivity index (χ2v) is 1.34. The lowest BCUT2D eigenvalue weighted by Crippen LogP contribution is -1.89. The molecular formula is H11Al3O4S. The van der Waals surface area contributed by atoms with Crippen molar-refractivity contribution in [3.8, 4) is 0 Å². The van der Waals surface area contributed by atoms with Crippen LogP contribution in [0.3, 0.4) is 0 Å². The lowest BCUT2D eigenvalue weighted by Gasteiger charge is -1.68. The Bertz CT molecular complexity index is 94.5. The molecule has 8 heavy (non-hydrogen) atoms. The van der Waals surface area contributed by atoms with Gasteiger partial charge in [0.25, 0.3) is 0 Å². The Morgan fingerprint density at radius 1 is 0.875 bits per heavy atom. The lowest BCUT2D eigenvalue weighted by atomic mass is 15.8. The van der Waals surface area contributed by atoms with E-state index in [9.17, 15) is 0 Å². The minimum atomic E-state index is -4.67. The van der Waals surface area contributed by atoms with Crippen molar-refractivity contribution in [2.24, 2.45) is 0 Å². The molecule has 0 unspecified atom stereocenters. The first-order valence-electron chi connectivity index (χ1n) is 0.698. The fourth-order valence-corrected chi connectivity index (χ4v) is 0. The molecule has 0 aliphatic rings. The topological polar surface area (TPSA) is 74.6 Å². The van der Waals surface area contributed by atoms with Gasteiger partial charge in [0.2, 0.25) is 0 Å². The average molecular weight is 188 g/mol. The van der Waals surface area contributed by atoms with Gasteiger partial charge in [0.15, 0.2) is 52.1 Å². The Hall–Kier alpha value is 1.47. The summed E-state index contributed by atoms with van der Waals surface area (Å²) in [6.07, 6.45) is 0. The highest BCUT2D eigenvalue weighted by atomic mass is 32.3. The zero-order chi connectivity index (χ0) is 4.50. The summed E-state index contributed by atoms with van der Waals surface area (Å²) in [5, 5.41) is 0. The van der Waals surface area contributed by atoms with E-state index in [1.165, 1.54) is 0 Å². The van der Waals surface area contributed by atoms with Gasteiger partial charge in [0.1, 0.15) is 0 Å². The number of rotatable bonds is 0. The third kappa shape index (κ3) is 145. The van der Waals surface area contributed by atoms with Gasteiger partial charge in [-0.25, -0.2) is 0 Å². The van der Waals surface area contributed by atoms with Gasteiger partial charge in [-0.05, 0) is 0 Å². The molecule has 0 aromatic carbocycles. The lowest BCUT2D eigenvalue weighted by molar-refractivity contribution is 0.381. The third-order valence-corrected chi connectivity index (χ3v) is 0. The first kappa shape index (κ1) is 22.7. The van der Waals surface area contributed by atoms with Crippen LogP contribution in [0, 0.1) is 0 Å². The molecule has 0 aliphatic heterocycles. The van der Waals surface area contributed by atoms with Crippen LogP contribution in [-0.4, -0.2) is 69.6 Å². The normalized spacial score (nSPS) is 7.25. The van der Waals surface area contributed by atoms with E-state index in [0.717, 1.165) is 0 Å². The van der Waals surface area contributed by atoms with Crippen LogP contribution >= 0.6 is 0 Å². The summed E-state index contributed by atoms with van der Waals surface area (Å²) in [5.74, 6) is 0. The molecule has 0 fully saturated rings. The minimum absolute atomic E-state index is 0. The molecule has 0 radical (unpaired) electrons. The van der Waals surface area contributed by atoms with Crippen molar-refractivity contribution >= 4 is 62.5 Å². The van der Waals surface area contributed by atoms with E-state index in [1.54, 1.807) is 0 Å². The van der Waals surface area contributed by atoms with E-state index in [-0.39, 0.29) is 52.1 Å². The van der Waals surface area contributed by atoms with Gasteiger partial charge in [0, 0.05) is 0 Å². The van der Waals surface area contributed by atoms with E-state index in [4.69, 9.17) is 17.5 Å². The molecule has 0 spiro atoms. The zero-order valence-corrected chi connectivity index (χ0v) is 2.94. The molecule has 0 aromatic heterocycles. The fraction of sp³-hybridized carbons (Fsp3) is 0. The van der Waals surface area contributed by atoms with Crippen molar-refractivity contribution in [3.05, 3.63) is 0 Å². The van der Waals surface area contributed by atoms with Crippen molar-refractivity contribution in [1.29, 1.82) is 0 Å². The largest absolute Gasteiger partial charge is 0.394 e. The van der Waals surface area contributed by atoms with Gasteiger partial charge in [-0.3, -0.25) is 9.11 Å². The van der Waals surface area contributed by atoms with Crippen LogP contribution in [0.2, 0.25) is 0 Å². The summed E-state index contributed by atoms with van der Waals surface area (Å²) >= 11 is 0. The van der Waals surface area contributed by atoms with Gasteiger partial charge in [-0.1, -0.05) is 0 Å². The Morgan fingerprint density at radius 2 is 0.875 bits per heavy atom. The second-order valence-electron chi connectivity index (χ2n) is 0.448. The fourth-order valence-electron chi connectivity index (χ4n) is 0. The first-order valence-corrected chi connectivity index (χ1v) is 2.10. The van der Waals surface area contributed by atoms with E-state index >= 15 is 0 Å². The van der Waals surface area contributed by atoms with Crippen LogP contribution in [0.15, 0.2) is 0 Å². The van der Waals surface area contributed by atoms with Gasteiger partial charge in [-0.2, -0.15) is 8.42 Å². The molecule has 0 saturated heterocycles. The summed E-state index contributed by atoms with van der Waals surface area (Å²) < 4.78 is 31.6. The van der Waals surface area contributed by atoms with Crippen LogP contribution < -0.4 is 0 Å². The molecule has 0 bridgehead atoms. The summed E-state index contributed by atoms with van der Waals surface area (Å²) in [7, 11) is -4.67. The molecule has 8 heteroatoms. The van der Waals surface area contributed by atoms with E-state index in [0.29, 0.717) is 0 Å². The highest BCUT2D eigenvalue weighted by molar-refractivity contribution is 7.79. The molecule has 0 rings (SSSR count). The molecule has 0 heterocycles. The predicted molar refractivity (Wildman–Crippen MR) is 44.0 cm³/mol. The van der Waals surface area contributed by atoms with Crippen LogP contribution in [0.4, 0.5) is 0 Å². The summed E-state index contributed by atoms with van der Waals surface area (Å²) in [6, 6.07) is 0. The highest BCUT2D eigenvalue weighted by Crippen LogP contribution is 1.59. The Kier molecular flexibility index (Phi) is 24.0. The van der Waals surface area contributed by atoms with E-state index in [1.807, 2.05) is 0 Å². The van der Waals surface area contributed by atoms with Gasteiger partial charge >= 0.3 is 10.4 Å². The molecule has 0 atom stereocenters. The van der Waals surface area contributed by atoms with Crippen LogP contribution in [0.1, 0.15) is 0 Å².